The normalized spacial score (nSPS) is 32.3. The molecule has 2 nitrogen and oxygen atoms in total. The molecule has 2 aliphatic rings. The Morgan fingerprint density at radius 2 is 1.71 bits per heavy atom. The molecule has 2 rings (SSSR count). The third kappa shape index (κ3) is 5.25. The summed E-state index contributed by atoms with van der Waals surface area (Å²) in [6.07, 6.45) is 8.37. The molecule has 124 valence electrons. The van der Waals surface area contributed by atoms with Crippen molar-refractivity contribution >= 4 is 0 Å². The lowest BCUT2D eigenvalue weighted by atomic mass is 9.63. The first-order chi connectivity index (χ1) is 10.0. The molecule has 0 aromatic heterocycles. The van der Waals surface area contributed by atoms with Crippen molar-refractivity contribution in [1.82, 2.24) is 5.32 Å². The second kappa shape index (κ2) is 7.97. The number of rotatable bonds is 5. The maximum Gasteiger partial charge on any atom is 0.0468 e. The first-order valence-corrected chi connectivity index (χ1v) is 9.29. The van der Waals surface area contributed by atoms with Gasteiger partial charge in [-0.3, -0.25) is 0 Å². The van der Waals surface area contributed by atoms with E-state index >= 15 is 0 Å². The van der Waals surface area contributed by atoms with Crippen molar-refractivity contribution in [2.75, 3.05) is 26.3 Å². The number of ether oxygens (including phenoxy) is 1. The highest BCUT2D eigenvalue weighted by Gasteiger charge is 2.36. The molecule has 3 unspecified atom stereocenters. The van der Waals surface area contributed by atoms with Gasteiger partial charge in [0.05, 0.1) is 0 Å². The van der Waals surface area contributed by atoms with E-state index in [0.717, 1.165) is 43.4 Å². The average molecular weight is 296 g/mol. The van der Waals surface area contributed by atoms with Gasteiger partial charge in [-0.1, -0.05) is 27.7 Å². The summed E-state index contributed by atoms with van der Waals surface area (Å²) in [5, 5.41) is 3.61. The molecule has 2 heteroatoms. The van der Waals surface area contributed by atoms with E-state index < -0.39 is 0 Å². The topological polar surface area (TPSA) is 21.3 Å². The Balaban J connectivity index is 1.94. The summed E-state index contributed by atoms with van der Waals surface area (Å²) in [4.78, 5) is 0. The van der Waals surface area contributed by atoms with Crippen LogP contribution < -0.4 is 5.32 Å². The van der Waals surface area contributed by atoms with Gasteiger partial charge in [0.25, 0.3) is 0 Å². The maximum atomic E-state index is 5.54. The smallest absolute Gasteiger partial charge is 0.0468 e. The maximum absolute atomic E-state index is 5.54. The molecule has 0 aromatic rings. The molecule has 1 aliphatic carbocycles. The highest BCUT2D eigenvalue weighted by Crippen LogP contribution is 2.45. The summed E-state index contributed by atoms with van der Waals surface area (Å²) in [6, 6.07) is 0. The van der Waals surface area contributed by atoms with Crippen LogP contribution in [0.15, 0.2) is 0 Å². The summed E-state index contributed by atoms with van der Waals surface area (Å²) >= 11 is 0. The SMILES string of the molecule is CCNCC1CCC(C(C)(C)C)CC1CC1CCOCC1. The van der Waals surface area contributed by atoms with E-state index in [9.17, 15) is 0 Å². The van der Waals surface area contributed by atoms with Crippen LogP contribution in [-0.4, -0.2) is 26.3 Å². The minimum Gasteiger partial charge on any atom is -0.381 e. The number of hydrogen-bond acceptors (Lipinski definition) is 2. The van der Waals surface area contributed by atoms with Gasteiger partial charge in [0.15, 0.2) is 0 Å². The van der Waals surface area contributed by atoms with E-state index in [0.29, 0.717) is 5.41 Å². The Bertz CT molecular complexity index is 290. The molecule has 1 heterocycles. The highest BCUT2D eigenvalue weighted by atomic mass is 16.5. The summed E-state index contributed by atoms with van der Waals surface area (Å²) in [7, 11) is 0. The molecule has 0 bridgehead atoms. The lowest BCUT2D eigenvalue weighted by molar-refractivity contribution is 0.0361. The highest BCUT2D eigenvalue weighted by molar-refractivity contribution is 4.87. The van der Waals surface area contributed by atoms with Crippen LogP contribution in [0.25, 0.3) is 0 Å². The quantitative estimate of drug-likeness (QED) is 0.807. The van der Waals surface area contributed by atoms with Gasteiger partial charge in [-0.2, -0.15) is 0 Å². The molecule has 1 N–H and O–H groups in total. The molecule has 1 saturated heterocycles. The first kappa shape index (κ1) is 17.3. The van der Waals surface area contributed by atoms with Gasteiger partial charge < -0.3 is 10.1 Å². The van der Waals surface area contributed by atoms with Gasteiger partial charge >= 0.3 is 0 Å². The number of nitrogens with one attached hydrogen (secondary N) is 1. The van der Waals surface area contributed by atoms with Crippen LogP contribution >= 0.6 is 0 Å². The number of hydrogen-bond donors (Lipinski definition) is 1. The van der Waals surface area contributed by atoms with Gasteiger partial charge in [-0.15, -0.1) is 0 Å². The van der Waals surface area contributed by atoms with E-state index in [-0.39, 0.29) is 0 Å². The molecular weight excluding hydrogens is 258 g/mol. The van der Waals surface area contributed by atoms with Gasteiger partial charge in [-0.05, 0) is 80.7 Å². The average Bonchev–Trinajstić information content (AvgIpc) is 2.46. The Kier molecular flexibility index (Phi) is 6.55. The standard InChI is InChI=1S/C19H37NO/c1-5-20-14-16-6-7-18(19(2,3)4)13-17(16)12-15-8-10-21-11-9-15/h15-18,20H,5-14H2,1-4H3. The minimum atomic E-state index is 0.483. The van der Waals surface area contributed by atoms with Gasteiger partial charge in [0.1, 0.15) is 0 Å². The zero-order valence-corrected chi connectivity index (χ0v) is 14.8. The molecule has 0 amide bonds. The van der Waals surface area contributed by atoms with E-state index in [2.05, 4.69) is 33.0 Å². The second-order valence-electron chi connectivity index (χ2n) is 8.50. The predicted molar refractivity (Wildman–Crippen MR) is 90.5 cm³/mol. The molecule has 21 heavy (non-hydrogen) atoms. The van der Waals surface area contributed by atoms with E-state index in [1.54, 1.807) is 0 Å². The third-order valence-electron chi connectivity index (χ3n) is 6.00. The Morgan fingerprint density at radius 1 is 1.00 bits per heavy atom. The lowest BCUT2D eigenvalue weighted by Crippen LogP contribution is -2.38. The largest absolute Gasteiger partial charge is 0.381 e. The molecular formula is C19H37NO. The summed E-state index contributed by atoms with van der Waals surface area (Å²) in [5.74, 6) is 3.68. The van der Waals surface area contributed by atoms with E-state index in [4.69, 9.17) is 4.74 Å². The molecule has 1 saturated carbocycles. The van der Waals surface area contributed by atoms with E-state index in [1.807, 2.05) is 0 Å². The zero-order valence-electron chi connectivity index (χ0n) is 14.8. The first-order valence-electron chi connectivity index (χ1n) is 9.29. The lowest BCUT2D eigenvalue weighted by Gasteiger charge is -2.43. The van der Waals surface area contributed by atoms with Crippen LogP contribution in [0.2, 0.25) is 0 Å². The van der Waals surface area contributed by atoms with Gasteiger partial charge in [0.2, 0.25) is 0 Å². The Morgan fingerprint density at radius 3 is 2.33 bits per heavy atom. The molecule has 2 fully saturated rings. The van der Waals surface area contributed by atoms with Gasteiger partial charge in [0, 0.05) is 13.2 Å². The Hall–Kier alpha value is -0.0800. The molecule has 0 spiro atoms. The molecule has 0 aromatic carbocycles. The summed E-state index contributed by atoms with van der Waals surface area (Å²) in [6.45, 7) is 13.9. The van der Waals surface area contributed by atoms with Crippen LogP contribution in [0.4, 0.5) is 0 Å². The molecule has 1 aliphatic heterocycles. The fraction of sp³-hybridized carbons (Fsp3) is 1.00. The van der Waals surface area contributed by atoms with Crippen molar-refractivity contribution in [3.63, 3.8) is 0 Å². The Labute approximate surface area is 132 Å². The molecule has 3 atom stereocenters. The van der Waals surface area contributed by atoms with E-state index in [1.165, 1.54) is 45.1 Å². The third-order valence-corrected chi connectivity index (χ3v) is 6.00. The van der Waals surface area contributed by atoms with Crippen LogP contribution in [0, 0.1) is 29.1 Å². The fourth-order valence-corrected chi connectivity index (χ4v) is 4.41. The van der Waals surface area contributed by atoms with Crippen molar-refractivity contribution in [3.8, 4) is 0 Å². The van der Waals surface area contributed by atoms with Crippen LogP contribution in [0.5, 0.6) is 0 Å². The minimum absolute atomic E-state index is 0.483. The second-order valence-corrected chi connectivity index (χ2v) is 8.50. The van der Waals surface area contributed by atoms with Crippen molar-refractivity contribution < 1.29 is 4.74 Å². The molecule has 0 radical (unpaired) electrons. The monoisotopic (exact) mass is 295 g/mol. The van der Waals surface area contributed by atoms with Crippen LogP contribution in [0.1, 0.15) is 66.2 Å². The van der Waals surface area contributed by atoms with Crippen LogP contribution in [-0.2, 0) is 4.74 Å². The zero-order chi connectivity index (χ0) is 15.3. The van der Waals surface area contributed by atoms with Crippen molar-refractivity contribution in [2.24, 2.45) is 29.1 Å². The summed E-state index contributed by atoms with van der Waals surface area (Å²) < 4.78 is 5.54. The van der Waals surface area contributed by atoms with Gasteiger partial charge in [-0.25, -0.2) is 0 Å². The van der Waals surface area contributed by atoms with Crippen molar-refractivity contribution in [1.29, 1.82) is 0 Å². The van der Waals surface area contributed by atoms with Crippen molar-refractivity contribution in [2.45, 2.75) is 66.2 Å². The fourth-order valence-electron chi connectivity index (χ4n) is 4.41. The predicted octanol–water partition coefficient (Wildman–Crippen LogP) is 4.49. The van der Waals surface area contributed by atoms with Crippen LogP contribution in [0.3, 0.4) is 0 Å². The van der Waals surface area contributed by atoms with Crippen molar-refractivity contribution in [3.05, 3.63) is 0 Å². The summed E-state index contributed by atoms with van der Waals surface area (Å²) in [5.41, 5.74) is 0.483.